The number of nitrogens with two attached hydrogens (primary N) is 1. The van der Waals surface area contributed by atoms with Gasteiger partial charge in [-0.2, -0.15) is 0 Å². The molecule has 1 saturated carbocycles. The van der Waals surface area contributed by atoms with Crippen LogP contribution in [0.1, 0.15) is 35.0 Å². The van der Waals surface area contributed by atoms with E-state index in [2.05, 4.69) is 10.0 Å². The molecule has 2 aromatic rings. The molecule has 8 heteroatoms. The fraction of sp³-hybridized carbons (Fsp3) is 0.389. The first-order valence-corrected chi connectivity index (χ1v) is 10.8. The fourth-order valence-electron chi connectivity index (χ4n) is 2.82. The van der Waals surface area contributed by atoms with Gasteiger partial charge in [0.1, 0.15) is 0 Å². The van der Waals surface area contributed by atoms with Crippen molar-refractivity contribution in [1.29, 1.82) is 0 Å². The van der Waals surface area contributed by atoms with Gasteiger partial charge in [0.25, 0.3) is 5.91 Å². The molecule has 1 heterocycles. The number of benzene rings is 1. The Balaban J connectivity index is 1.66. The van der Waals surface area contributed by atoms with Gasteiger partial charge < -0.3 is 11.1 Å². The molecule has 1 unspecified atom stereocenters. The molecular formula is C18H23N3O3S2. The summed E-state index contributed by atoms with van der Waals surface area (Å²) in [5, 5.41) is 4.89. The van der Waals surface area contributed by atoms with Gasteiger partial charge >= 0.3 is 0 Å². The molecule has 1 amide bonds. The number of hydrogen-bond donors (Lipinski definition) is 3. The maximum Gasteiger partial charge on any atom is 0.251 e. The molecule has 1 aliphatic rings. The summed E-state index contributed by atoms with van der Waals surface area (Å²) in [6, 6.07) is 9.69. The topological polar surface area (TPSA) is 101 Å². The van der Waals surface area contributed by atoms with Crippen LogP contribution in [0.3, 0.4) is 0 Å². The van der Waals surface area contributed by atoms with Crippen LogP contribution in [0, 0.1) is 5.92 Å². The van der Waals surface area contributed by atoms with E-state index in [1.165, 1.54) is 35.6 Å². The van der Waals surface area contributed by atoms with Crippen molar-refractivity contribution in [1.82, 2.24) is 10.0 Å². The molecule has 1 aliphatic carbocycles. The molecular weight excluding hydrogens is 370 g/mol. The van der Waals surface area contributed by atoms with E-state index in [-0.39, 0.29) is 17.3 Å². The Bertz CT molecular complexity index is 860. The smallest absolute Gasteiger partial charge is 0.251 e. The summed E-state index contributed by atoms with van der Waals surface area (Å²) in [6.07, 6.45) is 2.14. The summed E-state index contributed by atoms with van der Waals surface area (Å²) < 4.78 is 27.3. The van der Waals surface area contributed by atoms with Crippen molar-refractivity contribution in [3.05, 3.63) is 52.2 Å². The molecule has 140 valence electrons. The number of carbonyl (C=O) groups is 1. The molecule has 0 radical (unpaired) electrons. The van der Waals surface area contributed by atoms with E-state index in [4.69, 9.17) is 5.73 Å². The van der Waals surface area contributed by atoms with Crippen LogP contribution in [0.2, 0.25) is 0 Å². The molecule has 26 heavy (non-hydrogen) atoms. The summed E-state index contributed by atoms with van der Waals surface area (Å²) in [5.41, 5.74) is 5.83. The Kier molecular flexibility index (Phi) is 5.47. The Labute approximate surface area is 157 Å². The van der Waals surface area contributed by atoms with Crippen LogP contribution >= 0.6 is 11.3 Å². The van der Waals surface area contributed by atoms with E-state index in [0.717, 1.165) is 17.7 Å². The van der Waals surface area contributed by atoms with E-state index >= 15 is 0 Å². The highest BCUT2D eigenvalue weighted by Gasteiger charge is 2.41. The van der Waals surface area contributed by atoms with Crippen LogP contribution in [0.15, 0.2) is 46.7 Å². The van der Waals surface area contributed by atoms with Gasteiger partial charge in [0.15, 0.2) is 0 Å². The second kappa shape index (κ2) is 7.48. The zero-order chi connectivity index (χ0) is 18.8. The lowest BCUT2D eigenvalue weighted by Crippen LogP contribution is -2.53. The van der Waals surface area contributed by atoms with Crippen LogP contribution in [-0.2, 0) is 16.6 Å². The quantitative estimate of drug-likeness (QED) is 0.639. The van der Waals surface area contributed by atoms with Crippen molar-refractivity contribution in [2.75, 3.05) is 6.54 Å². The third kappa shape index (κ3) is 4.32. The molecule has 1 fully saturated rings. The first-order chi connectivity index (χ1) is 12.3. The molecule has 1 aromatic heterocycles. The van der Waals surface area contributed by atoms with Gasteiger partial charge in [-0.05, 0) is 61.4 Å². The standard InChI is InChI=1S/C18H23N3O3S2/c1-18(12-19,14-6-7-14)21-17(22)13-4-8-16(9-5-13)26(23,24)20-11-15-3-2-10-25-15/h2-5,8-10,14,20H,6-7,11-12,19H2,1H3,(H,21,22). The van der Waals surface area contributed by atoms with Crippen LogP contribution in [-0.4, -0.2) is 26.4 Å². The maximum atomic E-state index is 12.5. The van der Waals surface area contributed by atoms with Gasteiger partial charge in [-0.25, -0.2) is 13.1 Å². The van der Waals surface area contributed by atoms with Gasteiger partial charge in [0, 0.05) is 23.5 Å². The third-order valence-corrected chi connectivity index (χ3v) is 7.04. The second-order valence-corrected chi connectivity index (χ2v) is 9.58. The maximum absolute atomic E-state index is 12.5. The van der Waals surface area contributed by atoms with Crippen molar-refractivity contribution in [2.45, 2.75) is 36.7 Å². The highest BCUT2D eigenvalue weighted by molar-refractivity contribution is 7.89. The lowest BCUT2D eigenvalue weighted by molar-refractivity contribution is 0.0897. The van der Waals surface area contributed by atoms with Crippen LogP contribution in [0.5, 0.6) is 0 Å². The first-order valence-electron chi connectivity index (χ1n) is 8.49. The molecule has 0 spiro atoms. The Morgan fingerprint density at radius 2 is 1.96 bits per heavy atom. The molecule has 1 atom stereocenters. The molecule has 1 aromatic carbocycles. The number of rotatable bonds is 8. The Morgan fingerprint density at radius 1 is 1.27 bits per heavy atom. The molecule has 0 aliphatic heterocycles. The molecule has 4 N–H and O–H groups in total. The van der Waals surface area contributed by atoms with E-state index in [0.29, 0.717) is 18.0 Å². The third-order valence-electron chi connectivity index (χ3n) is 4.74. The van der Waals surface area contributed by atoms with E-state index < -0.39 is 15.6 Å². The monoisotopic (exact) mass is 393 g/mol. The van der Waals surface area contributed by atoms with Gasteiger partial charge in [0.2, 0.25) is 10.0 Å². The van der Waals surface area contributed by atoms with Gasteiger partial charge in [-0.3, -0.25) is 4.79 Å². The normalized spacial score (nSPS) is 16.8. The van der Waals surface area contributed by atoms with Crippen LogP contribution in [0.4, 0.5) is 0 Å². The zero-order valence-corrected chi connectivity index (χ0v) is 16.2. The number of carbonyl (C=O) groups excluding carboxylic acids is 1. The number of nitrogens with one attached hydrogen (secondary N) is 2. The average molecular weight is 394 g/mol. The predicted octanol–water partition coefficient (Wildman–Crippen LogP) is 2.08. The Hall–Kier alpha value is -1.74. The number of hydrogen-bond acceptors (Lipinski definition) is 5. The fourth-order valence-corrected chi connectivity index (χ4v) is 4.56. The largest absolute Gasteiger partial charge is 0.345 e. The first kappa shape index (κ1) is 19.0. The second-order valence-electron chi connectivity index (χ2n) is 6.78. The lowest BCUT2D eigenvalue weighted by Gasteiger charge is -2.29. The van der Waals surface area contributed by atoms with Crippen LogP contribution < -0.4 is 15.8 Å². The van der Waals surface area contributed by atoms with Gasteiger partial charge in [-0.15, -0.1) is 11.3 Å². The van der Waals surface area contributed by atoms with E-state index in [1.54, 1.807) is 0 Å². The van der Waals surface area contributed by atoms with Crippen molar-refractivity contribution in [3.8, 4) is 0 Å². The Morgan fingerprint density at radius 3 is 2.50 bits per heavy atom. The number of amides is 1. The van der Waals surface area contributed by atoms with Crippen LogP contribution in [0.25, 0.3) is 0 Å². The summed E-state index contributed by atoms with van der Waals surface area (Å²) in [5.74, 6) is 0.179. The minimum absolute atomic E-state index is 0.134. The van der Waals surface area contributed by atoms with E-state index in [1.807, 2.05) is 24.4 Å². The minimum Gasteiger partial charge on any atom is -0.345 e. The summed E-state index contributed by atoms with van der Waals surface area (Å²) in [4.78, 5) is 13.5. The predicted molar refractivity (Wildman–Crippen MR) is 102 cm³/mol. The van der Waals surface area contributed by atoms with Gasteiger partial charge in [0.05, 0.1) is 10.4 Å². The summed E-state index contributed by atoms with van der Waals surface area (Å²) in [6.45, 7) is 2.58. The molecule has 0 saturated heterocycles. The zero-order valence-electron chi connectivity index (χ0n) is 14.6. The highest BCUT2D eigenvalue weighted by atomic mass is 32.2. The average Bonchev–Trinajstić information content (AvgIpc) is 3.37. The van der Waals surface area contributed by atoms with E-state index in [9.17, 15) is 13.2 Å². The van der Waals surface area contributed by atoms with Crippen molar-refractivity contribution in [3.63, 3.8) is 0 Å². The SMILES string of the molecule is CC(CN)(NC(=O)c1ccc(S(=O)(=O)NCc2cccs2)cc1)C1CC1. The lowest BCUT2D eigenvalue weighted by atomic mass is 9.95. The minimum atomic E-state index is -3.62. The molecule has 6 nitrogen and oxygen atoms in total. The summed E-state index contributed by atoms with van der Waals surface area (Å²) in [7, 11) is -3.62. The van der Waals surface area contributed by atoms with Crippen molar-refractivity contribution < 1.29 is 13.2 Å². The number of sulfonamides is 1. The van der Waals surface area contributed by atoms with Crippen molar-refractivity contribution >= 4 is 27.3 Å². The number of thiophene rings is 1. The summed E-state index contributed by atoms with van der Waals surface area (Å²) >= 11 is 1.49. The molecule has 3 rings (SSSR count). The van der Waals surface area contributed by atoms with Gasteiger partial charge in [-0.1, -0.05) is 6.07 Å². The molecule has 0 bridgehead atoms. The highest BCUT2D eigenvalue weighted by Crippen LogP contribution is 2.39. The van der Waals surface area contributed by atoms with Crippen molar-refractivity contribution in [2.24, 2.45) is 11.7 Å².